The van der Waals surface area contributed by atoms with Gasteiger partial charge >= 0.3 is 0 Å². The molecule has 0 unspecified atom stereocenters. The molecule has 5 aliphatic rings. The molecule has 0 saturated heterocycles. The molecule has 10 rings (SSSR count). The Kier molecular flexibility index (Phi) is 7.60. The number of nitrogens with zero attached hydrogens (tertiary/aromatic N) is 1. The Morgan fingerprint density at radius 2 is 0.941 bits per heavy atom. The summed E-state index contributed by atoms with van der Waals surface area (Å²) < 4.78 is 0. The molecule has 258 valence electrons. The lowest BCUT2D eigenvalue weighted by atomic mass is 9.74. The lowest BCUT2D eigenvalue weighted by molar-refractivity contribution is 0.443. The number of anilines is 3. The summed E-state index contributed by atoms with van der Waals surface area (Å²) in [4.78, 5) is 2.53. The Morgan fingerprint density at radius 1 is 0.431 bits per heavy atom. The minimum atomic E-state index is -0.0778. The second-order valence-electron chi connectivity index (χ2n) is 17.3. The Bertz CT molecular complexity index is 2020. The zero-order valence-corrected chi connectivity index (χ0v) is 30.8. The normalized spacial score (nSPS) is 20.2. The summed E-state index contributed by atoms with van der Waals surface area (Å²) in [7, 11) is 0. The fourth-order valence-electron chi connectivity index (χ4n) is 11.4. The molecule has 3 saturated carbocycles. The fraction of sp³-hybridized carbons (Fsp3) is 0.400. The third-order valence-corrected chi connectivity index (χ3v) is 14.2. The molecule has 1 nitrogen and oxygen atoms in total. The highest BCUT2D eigenvalue weighted by Gasteiger charge is 2.47. The fourth-order valence-corrected chi connectivity index (χ4v) is 11.4. The van der Waals surface area contributed by atoms with Crippen LogP contribution in [0.15, 0.2) is 103 Å². The van der Waals surface area contributed by atoms with E-state index in [4.69, 9.17) is 0 Å². The topological polar surface area (TPSA) is 3.24 Å². The Balaban J connectivity index is 1.07. The van der Waals surface area contributed by atoms with E-state index in [1.165, 1.54) is 151 Å². The molecule has 0 bridgehead atoms. The van der Waals surface area contributed by atoms with E-state index in [1.54, 1.807) is 11.1 Å². The SMILES string of the molecule is CC1(C)c2cc(N(c3ccc(C4CCCCC4)cc3)c3ccc(C4CCCCC4)cc3)ccc2-c2cc3c(cc21)C1(CCCC1)c1ccccc1-3. The van der Waals surface area contributed by atoms with Gasteiger partial charge in [0.2, 0.25) is 0 Å². The highest BCUT2D eigenvalue weighted by atomic mass is 15.1. The van der Waals surface area contributed by atoms with Gasteiger partial charge in [-0.25, -0.2) is 0 Å². The molecule has 0 radical (unpaired) electrons. The maximum Gasteiger partial charge on any atom is 0.0465 e. The smallest absolute Gasteiger partial charge is 0.0465 e. The molecule has 0 aromatic heterocycles. The van der Waals surface area contributed by atoms with Crippen LogP contribution in [0.4, 0.5) is 17.1 Å². The van der Waals surface area contributed by atoms with Crippen molar-refractivity contribution in [2.75, 3.05) is 4.90 Å². The average molecular weight is 668 g/mol. The van der Waals surface area contributed by atoms with E-state index in [0.29, 0.717) is 11.8 Å². The number of hydrogen-bond donors (Lipinski definition) is 0. The van der Waals surface area contributed by atoms with Gasteiger partial charge in [-0.15, -0.1) is 0 Å². The maximum absolute atomic E-state index is 2.65. The minimum absolute atomic E-state index is 0.0778. The van der Waals surface area contributed by atoms with E-state index in [2.05, 4.69) is 122 Å². The van der Waals surface area contributed by atoms with Crippen molar-refractivity contribution in [2.45, 2.75) is 126 Å². The molecule has 0 heterocycles. The first kappa shape index (κ1) is 31.6. The van der Waals surface area contributed by atoms with Gasteiger partial charge in [0.05, 0.1) is 0 Å². The quantitative estimate of drug-likeness (QED) is 0.180. The first-order chi connectivity index (χ1) is 25.0. The zero-order chi connectivity index (χ0) is 34.2. The number of rotatable bonds is 5. The van der Waals surface area contributed by atoms with Crippen molar-refractivity contribution in [3.05, 3.63) is 137 Å². The van der Waals surface area contributed by atoms with Gasteiger partial charge in [0.15, 0.2) is 0 Å². The van der Waals surface area contributed by atoms with Crippen LogP contribution in [0.25, 0.3) is 22.3 Å². The zero-order valence-electron chi connectivity index (χ0n) is 30.8. The second kappa shape index (κ2) is 12.3. The van der Waals surface area contributed by atoms with Crippen molar-refractivity contribution in [3.63, 3.8) is 0 Å². The molecular weight excluding hydrogens is 615 g/mol. The van der Waals surface area contributed by atoms with Crippen molar-refractivity contribution in [2.24, 2.45) is 0 Å². The minimum Gasteiger partial charge on any atom is -0.310 e. The second-order valence-corrected chi connectivity index (χ2v) is 17.3. The van der Waals surface area contributed by atoms with Crippen LogP contribution in [0, 0.1) is 0 Å². The predicted octanol–water partition coefficient (Wildman–Crippen LogP) is 14.4. The average Bonchev–Trinajstić information content (AvgIpc) is 3.85. The van der Waals surface area contributed by atoms with E-state index in [-0.39, 0.29) is 10.8 Å². The summed E-state index contributed by atoms with van der Waals surface area (Å²) in [5.74, 6) is 1.43. The summed E-state index contributed by atoms with van der Waals surface area (Å²) >= 11 is 0. The third-order valence-electron chi connectivity index (χ3n) is 14.2. The lowest BCUT2D eigenvalue weighted by Gasteiger charge is -2.30. The number of fused-ring (bicyclic) bond motifs is 8. The van der Waals surface area contributed by atoms with Crippen molar-refractivity contribution in [3.8, 4) is 22.3 Å². The van der Waals surface area contributed by atoms with Crippen LogP contribution < -0.4 is 4.90 Å². The van der Waals surface area contributed by atoms with Gasteiger partial charge in [-0.05, 0) is 148 Å². The van der Waals surface area contributed by atoms with Gasteiger partial charge in [0.1, 0.15) is 0 Å². The van der Waals surface area contributed by atoms with Crippen LogP contribution in [-0.2, 0) is 10.8 Å². The Morgan fingerprint density at radius 3 is 1.55 bits per heavy atom. The Hall–Kier alpha value is -4.10. The summed E-state index contributed by atoms with van der Waals surface area (Å²) in [6.45, 7) is 4.94. The van der Waals surface area contributed by atoms with Gasteiger partial charge in [-0.2, -0.15) is 0 Å². The predicted molar refractivity (Wildman–Crippen MR) is 215 cm³/mol. The van der Waals surface area contributed by atoms with Crippen molar-refractivity contribution >= 4 is 17.1 Å². The van der Waals surface area contributed by atoms with Crippen LogP contribution in [0.5, 0.6) is 0 Å². The van der Waals surface area contributed by atoms with E-state index in [9.17, 15) is 0 Å². The number of benzene rings is 5. The van der Waals surface area contributed by atoms with Crippen LogP contribution in [0.1, 0.15) is 149 Å². The molecule has 5 aliphatic carbocycles. The van der Waals surface area contributed by atoms with Gasteiger partial charge in [0.25, 0.3) is 0 Å². The lowest BCUT2D eigenvalue weighted by Crippen LogP contribution is -2.22. The Labute approximate surface area is 306 Å². The van der Waals surface area contributed by atoms with Crippen molar-refractivity contribution < 1.29 is 0 Å². The molecule has 5 aromatic carbocycles. The summed E-state index contributed by atoms with van der Waals surface area (Å²) in [5.41, 5.74) is 18.9. The van der Waals surface area contributed by atoms with Gasteiger partial charge in [-0.1, -0.05) is 126 Å². The summed E-state index contributed by atoms with van der Waals surface area (Å²) in [6.07, 6.45) is 18.8. The van der Waals surface area contributed by atoms with Crippen LogP contribution in [-0.4, -0.2) is 0 Å². The first-order valence-corrected chi connectivity index (χ1v) is 20.5. The van der Waals surface area contributed by atoms with Gasteiger partial charge in [0, 0.05) is 27.9 Å². The molecule has 0 aliphatic heterocycles. The highest BCUT2D eigenvalue weighted by molar-refractivity contribution is 5.92. The standard InChI is InChI=1S/C50H53N/c1-49(2)46-31-40(27-28-42(46)43-32-44-41-17-9-10-18-45(41)50(29-11-12-30-50)48(44)33-47(43)49)51(38-23-19-36(20-24-38)34-13-5-3-6-14-34)39-25-21-37(22-26-39)35-15-7-4-8-16-35/h9-10,17-28,31-35H,3-8,11-16,29-30H2,1-2H3. The largest absolute Gasteiger partial charge is 0.310 e. The van der Waals surface area contributed by atoms with Crippen LogP contribution in [0.3, 0.4) is 0 Å². The van der Waals surface area contributed by atoms with E-state index in [0.717, 1.165) is 0 Å². The summed E-state index contributed by atoms with van der Waals surface area (Å²) in [5, 5.41) is 0. The molecule has 0 N–H and O–H groups in total. The molecule has 5 aromatic rings. The molecule has 1 heteroatoms. The number of hydrogen-bond acceptors (Lipinski definition) is 1. The van der Waals surface area contributed by atoms with Crippen LogP contribution in [0.2, 0.25) is 0 Å². The molecular formula is C50H53N. The van der Waals surface area contributed by atoms with E-state index < -0.39 is 0 Å². The molecule has 0 amide bonds. The van der Waals surface area contributed by atoms with Gasteiger partial charge in [-0.3, -0.25) is 0 Å². The summed E-state index contributed by atoms with van der Waals surface area (Å²) in [6, 6.07) is 41.2. The van der Waals surface area contributed by atoms with Gasteiger partial charge < -0.3 is 4.90 Å². The van der Waals surface area contributed by atoms with Crippen molar-refractivity contribution in [1.29, 1.82) is 0 Å². The monoisotopic (exact) mass is 667 g/mol. The molecule has 51 heavy (non-hydrogen) atoms. The van der Waals surface area contributed by atoms with E-state index >= 15 is 0 Å². The molecule has 3 fully saturated rings. The van der Waals surface area contributed by atoms with E-state index in [1.807, 2.05) is 0 Å². The van der Waals surface area contributed by atoms with Crippen LogP contribution >= 0.6 is 0 Å². The molecule has 0 atom stereocenters. The first-order valence-electron chi connectivity index (χ1n) is 20.5. The maximum atomic E-state index is 2.65. The molecule has 1 spiro atoms. The highest BCUT2D eigenvalue weighted by Crippen LogP contribution is 2.60. The third kappa shape index (κ3) is 5.01. The van der Waals surface area contributed by atoms with Crippen molar-refractivity contribution in [1.82, 2.24) is 0 Å².